The van der Waals surface area contributed by atoms with Gasteiger partial charge in [0, 0.05) is 0 Å². The fourth-order valence-electron chi connectivity index (χ4n) is 1.50. The molecule has 1 heterocycles. The summed E-state index contributed by atoms with van der Waals surface area (Å²) in [4.78, 5) is 8.48. The van der Waals surface area contributed by atoms with Crippen molar-refractivity contribution in [3.05, 3.63) is 16.1 Å². The molecule has 0 saturated heterocycles. The lowest BCUT2D eigenvalue weighted by molar-refractivity contribution is 0.334. The third-order valence-electron chi connectivity index (χ3n) is 2.38. The van der Waals surface area contributed by atoms with Crippen LogP contribution < -0.4 is 15.2 Å². The second-order valence-electron chi connectivity index (χ2n) is 3.37. The van der Waals surface area contributed by atoms with Crippen LogP contribution in [0.15, 0.2) is 10.5 Å². The van der Waals surface area contributed by atoms with E-state index in [-0.39, 0.29) is 11.8 Å². The molecular weight excluding hydrogens is 300 g/mol. The van der Waals surface area contributed by atoms with Crippen molar-refractivity contribution >= 4 is 32.7 Å². The van der Waals surface area contributed by atoms with Crippen molar-refractivity contribution in [2.24, 2.45) is 0 Å². The predicted molar refractivity (Wildman–Crippen MR) is 69.5 cm³/mol. The summed E-state index contributed by atoms with van der Waals surface area (Å²) in [5.74, 6) is 0.514. The summed E-state index contributed by atoms with van der Waals surface area (Å²) in [5, 5.41) is 8.97. The Morgan fingerprint density at radius 2 is 1.89 bits per heavy atom. The van der Waals surface area contributed by atoms with Crippen molar-refractivity contribution in [1.82, 2.24) is 9.97 Å². The van der Waals surface area contributed by atoms with Crippen LogP contribution >= 0.6 is 15.9 Å². The summed E-state index contributed by atoms with van der Waals surface area (Å²) in [6.07, 6.45) is 0. The molecule has 1 aromatic heterocycles. The van der Waals surface area contributed by atoms with E-state index in [9.17, 15) is 0 Å². The molecule has 2 N–H and O–H groups in total. The lowest BCUT2D eigenvalue weighted by Crippen LogP contribution is -2.00. The number of anilines is 1. The number of nitrogen functional groups attached to an aromatic ring is 1. The molecule has 0 aliphatic rings. The van der Waals surface area contributed by atoms with Crippen LogP contribution in [0.3, 0.4) is 0 Å². The first-order valence-corrected chi connectivity index (χ1v) is 5.69. The number of halogens is 1. The van der Waals surface area contributed by atoms with Crippen molar-refractivity contribution in [1.29, 1.82) is 5.26 Å². The van der Waals surface area contributed by atoms with Gasteiger partial charge >= 0.3 is 0 Å². The lowest BCUT2D eigenvalue weighted by Gasteiger charge is -2.09. The van der Waals surface area contributed by atoms with E-state index < -0.39 is 0 Å². The number of hydrogen-bond acceptors (Lipinski definition) is 6. The van der Waals surface area contributed by atoms with E-state index in [2.05, 4.69) is 25.9 Å². The normalized spacial score (nSPS) is 10.1. The molecule has 0 aliphatic heterocycles. The number of nitrogens with zero attached hydrogens (tertiary/aromatic N) is 3. The zero-order valence-corrected chi connectivity index (χ0v) is 11.3. The second-order valence-corrected chi connectivity index (χ2v) is 4.17. The van der Waals surface area contributed by atoms with Crippen LogP contribution in [-0.4, -0.2) is 24.2 Å². The van der Waals surface area contributed by atoms with Gasteiger partial charge in [0.1, 0.15) is 11.6 Å². The Morgan fingerprint density at radius 3 is 2.44 bits per heavy atom. The van der Waals surface area contributed by atoms with Gasteiger partial charge in [-0.25, -0.2) is 9.97 Å². The van der Waals surface area contributed by atoms with Gasteiger partial charge in [-0.05, 0) is 22.0 Å². The monoisotopic (exact) mass is 308 g/mol. The number of rotatable bonds is 2. The summed E-state index contributed by atoms with van der Waals surface area (Å²) >= 11 is 3.31. The number of nitriles is 1. The molecule has 6 nitrogen and oxygen atoms in total. The van der Waals surface area contributed by atoms with Crippen molar-refractivity contribution in [3.63, 3.8) is 0 Å². The molecule has 0 fully saturated rings. The predicted octanol–water partition coefficient (Wildman–Crippen LogP) is 1.86. The summed E-state index contributed by atoms with van der Waals surface area (Å²) in [6, 6.07) is 3.56. The van der Waals surface area contributed by atoms with Gasteiger partial charge in [-0.2, -0.15) is 5.26 Å². The van der Waals surface area contributed by atoms with Gasteiger partial charge in [-0.15, -0.1) is 0 Å². The maximum Gasteiger partial charge on any atom is 0.278 e. The SMILES string of the molecule is COc1nc2cc(C#N)c(N)c(Br)c2nc1OC. The van der Waals surface area contributed by atoms with Crippen molar-refractivity contribution in [3.8, 4) is 17.8 Å². The molecule has 1 aromatic carbocycles. The van der Waals surface area contributed by atoms with Crippen LogP contribution in [0.4, 0.5) is 5.69 Å². The molecule has 2 rings (SSSR count). The minimum atomic E-state index is 0.255. The van der Waals surface area contributed by atoms with Gasteiger partial charge in [-0.3, -0.25) is 0 Å². The molecule has 0 radical (unpaired) electrons. The van der Waals surface area contributed by atoms with Crippen molar-refractivity contribution in [2.75, 3.05) is 20.0 Å². The molecule has 0 spiro atoms. The minimum Gasteiger partial charge on any atom is -0.477 e. The first-order valence-electron chi connectivity index (χ1n) is 4.90. The van der Waals surface area contributed by atoms with E-state index in [0.717, 1.165) is 0 Å². The molecule has 92 valence electrons. The minimum absolute atomic E-state index is 0.255. The molecule has 0 aliphatic carbocycles. The zero-order chi connectivity index (χ0) is 13.3. The Bertz CT molecular complexity index is 666. The molecule has 0 bridgehead atoms. The number of ether oxygens (including phenoxy) is 2. The number of fused-ring (bicyclic) bond motifs is 1. The summed E-state index contributed by atoms with van der Waals surface area (Å²) in [6.45, 7) is 0. The van der Waals surface area contributed by atoms with Crippen LogP contribution in [0.25, 0.3) is 11.0 Å². The first kappa shape index (κ1) is 12.4. The number of methoxy groups -OCH3 is 2. The number of nitrogens with two attached hydrogens (primary N) is 1. The number of benzene rings is 1. The zero-order valence-electron chi connectivity index (χ0n) is 9.69. The van der Waals surface area contributed by atoms with Crippen LogP contribution in [0, 0.1) is 11.3 Å². The van der Waals surface area contributed by atoms with Gasteiger partial charge in [0.05, 0.1) is 35.5 Å². The molecule has 0 saturated carbocycles. The molecule has 7 heteroatoms. The Labute approximate surface area is 111 Å². The number of aromatic nitrogens is 2. The van der Waals surface area contributed by atoms with Crippen LogP contribution in [-0.2, 0) is 0 Å². The fourth-order valence-corrected chi connectivity index (χ4v) is 2.00. The third-order valence-corrected chi connectivity index (χ3v) is 3.19. The van der Waals surface area contributed by atoms with Crippen molar-refractivity contribution in [2.45, 2.75) is 0 Å². The van der Waals surface area contributed by atoms with E-state index >= 15 is 0 Å². The highest BCUT2D eigenvalue weighted by atomic mass is 79.9. The van der Waals surface area contributed by atoms with Gasteiger partial charge in [0.15, 0.2) is 0 Å². The average Bonchev–Trinajstić information content (AvgIpc) is 2.41. The van der Waals surface area contributed by atoms with Crippen LogP contribution in [0.5, 0.6) is 11.8 Å². The summed E-state index contributed by atoms with van der Waals surface area (Å²) < 4.78 is 10.6. The van der Waals surface area contributed by atoms with Gasteiger partial charge in [0.25, 0.3) is 11.8 Å². The van der Waals surface area contributed by atoms with E-state index in [1.807, 2.05) is 6.07 Å². The van der Waals surface area contributed by atoms with E-state index in [1.54, 1.807) is 6.07 Å². The smallest absolute Gasteiger partial charge is 0.278 e. The maximum atomic E-state index is 8.97. The Morgan fingerprint density at radius 1 is 1.28 bits per heavy atom. The van der Waals surface area contributed by atoms with Crippen LogP contribution in [0.2, 0.25) is 0 Å². The van der Waals surface area contributed by atoms with Gasteiger partial charge in [0.2, 0.25) is 0 Å². The molecular formula is C11H9BrN4O2. The lowest BCUT2D eigenvalue weighted by atomic mass is 10.1. The Hall–Kier alpha value is -2.07. The quantitative estimate of drug-likeness (QED) is 0.851. The molecule has 18 heavy (non-hydrogen) atoms. The summed E-state index contributed by atoms with van der Waals surface area (Å²) in [5.41, 5.74) is 7.49. The standard InChI is InChI=1S/C11H9BrN4O2/c1-17-10-11(18-2)16-9-6(15-10)3-5(4-13)8(14)7(9)12/h3H,14H2,1-2H3. The topological polar surface area (TPSA) is 94.0 Å². The van der Waals surface area contributed by atoms with Crippen LogP contribution in [0.1, 0.15) is 5.56 Å². The number of hydrogen-bond donors (Lipinski definition) is 1. The average molecular weight is 309 g/mol. The second kappa shape index (κ2) is 4.66. The fraction of sp³-hybridized carbons (Fsp3) is 0.182. The highest BCUT2D eigenvalue weighted by molar-refractivity contribution is 9.10. The highest BCUT2D eigenvalue weighted by Gasteiger charge is 2.15. The highest BCUT2D eigenvalue weighted by Crippen LogP contribution is 2.34. The molecule has 0 atom stereocenters. The maximum absolute atomic E-state index is 8.97. The van der Waals surface area contributed by atoms with Crippen molar-refractivity contribution < 1.29 is 9.47 Å². The third kappa shape index (κ3) is 1.80. The van der Waals surface area contributed by atoms with E-state index in [0.29, 0.717) is 26.8 Å². The Kier molecular flexibility index (Phi) is 3.21. The van der Waals surface area contributed by atoms with Gasteiger partial charge < -0.3 is 15.2 Å². The van der Waals surface area contributed by atoms with E-state index in [1.165, 1.54) is 14.2 Å². The molecule has 0 amide bonds. The molecule has 2 aromatic rings. The largest absolute Gasteiger partial charge is 0.477 e. The molecule has 0 unspecified atom stereocenters. The van der Waals surface area contributed by atoms with E-state index in [4.69, 9.17) is 20.5 Å². The first-order chi connectivity index (χ1) is 8.62. The summed E-state index contributed by atoms with van der Waals surface area (Å²) in [7, 11) is 2.94. The Balaban J connectivity index is 2.86. The van der Waals surface area contributed by atoms with Gasteiger partial charge in [-0.1, -0.05) is 0 Å².